The molecule has 0 atom stereocenters. The van der Waals surface area contributed by atoms with Gasteiger partial charge in [-0.1, -0.05) is 11.6 Å². The monoisotopic (exact) mass is 367 g/mol. The second-order valence-electron chi connectivity index (χ2n) is 6.56. The lowest BCUT2D eigenvalue weighted by molar-refractivity contribution is 0.0781. The summed E-state index contributed by atoms with van der Waals surface area (Å²) in [5.74, 6) is 0.0562. The Kier molecular flexibility index (Phi) is 4.17. The van der Waals surface area contributed by atoms with Gasteiger partial charge in [-0.3, -0.25) is 9.59 Å². The van der Waals surface area contributed by atoms with Crippen LogP contribution in [-0.2, 0) is 13.0 Å². The number of halogens is 1. The van der Waals surface area contributed by atoms with Crippen molar-refractivity contribution in [1.29, 1.82) is 0 Å². The van der Waals surface area contributed by atoms with Crippen LogP contribution in [0, 0.1) is 0 Å². The highest BCUT2D eigenvalue weighted by atomic mass is 35.5. The van der Waals surface area contributed by atoms with Gasteiger partial charge in [-0.2, -0.15) is 0 Å². The second-order valence-corrected chi connectivity index (χ2v) is 6.99. The predicted molar refractivity (Wildman–Crippen MR) is 104 cm³/mol. The van der Waals surface area contributed by atoms with Gasteiger partial charge in [-0.15, -0.1) is 0 Å². The number of fused-ring (bicyclic) bond motifs is 2. The minimum Gasteiger partial charge on any atom is -0.381 e. The molecule has 1 amide bonds. The number of amides is 1. The molecule has 2 heterocycles. The van der Waals surface area contributed by atoms with E-state index < -0.39 is 0 Å². The fraction of sp³-hybridized carbons (Fsp3) is 0.200. The van der Waals surface area contributed by atoms with Crippen LogP contribution in [0.5, 0.6) is 0 Å². The number of likely N-dealkylation sites (N-methyl/N-ethyl adjacent to an activating group) is 1. The molecule has 132 valence electrons. The number of anilines is 1. The van der Waals surface area contributed by atoms with E-state index in [1.807, 2.05) is 37.4 Å². The van der Waals surface area contributed by atoms with E-state index in [-0.39, 0.29) is 11.5 Å². The van der Waals surface area contributed by atoms with Crippen molar-refractivity contribution in [3.63, 3.8) is 0 Å². The van der Waals surface area contributed by atoms with Gasteiger partial charge in [0.1, 0.15) is 0 Å². The summed E-state index contributed by atoms with van der Waals surface area (Å²) < 4.78 is 0. The fourth-order valence-electron chi connectivity index (χ4n) is 3.27. The first kappa shape index (κ1) is 16.7. The molecule has 6 heteroatoms. The number of hydrogen-bond donors (Lipinski definition) is 2. The maximum absolute atomic E-state index is 12.3. The van der Waals surface area contributed by atoms with E-state index in [1.54, 1.807) is 17.0 Å². The highest BCUT2D eigenvalue weighted by Crippen LogP contribution is 2.22. The lowest BCUT2D eigenvalue weighted by Crippen LogP contribution is -2.34. The lowest BCUT2D eigenvalue weighted by Gasteiger charge is -2.25. The topological polar surface area (TPSA) is 65.2 Å². The molecule has 0 bridgehead atoms. The molecule has 0 saturated carbocycles. The number of hydrogen-bond acceptors (Lipinski definition) is 3. The molecule has 1 aromatic heterocycles. The van der Waals surface area contributed by atoms with Crippen molar-refractivity contribution < 1.29 is 4.79 Å². The number of nitrogens with one attached hydrogen (secondary N) is 2. The largest absolute Gasteiger partial charge is 0.381 e. The van der Waals surface area contributed by atoms with Gasteiger partial charge in [-0.25, -0.2) is 0 Å². The Labute approximate surface area is 155 Å². The average molecular weight is 368 g/mol. The third-order valence-corrected chi connectivity index (χ3v) is 5.00. The first-order chi connectivity index (χ1) is 12.5. The molecule has 26 heavy (non-hydrogen) atoms. The summed E-state index contributed by atoms with van der Waals surface area (Å²) in [6.45, 7) is 1.12. The molecule has 1 aliphatic rings. The summed E-state index contributed by atoms with van der Waals surface area (Å²) in [7, 11) is 1.82. The third-order valence-electron chi connectivity index (χ3n) is 4.77. The zero-order valence-corrected chi connectivity index (χ0v) is 15.1. The SMILES string of the molecule is CN1CCc2cc(NCc3cc4cc(Cl)ccc4[nH]c3=O)ccc2C1=O. The Bertz CT molecular complexity index is 1070. The van der Waals surface area contributed by atoms with Gasteiger partial charge >= 0.3 is 0 Å². The van der Waals surface area contributed by atoms with Crippen molar-refractivity contribution in [3.05, 3.63) is 74.5 Å². The summed E-state index contributed by atoms with van der Waals surface area (Å²) in [4.78, 5) is 29.0. The van der Waals surface area contributed by atoms with Gasteiger partial charge < -0.3 is 15.2 Å². The summed E-state index contributed by atoms with van der Waals surface area (Å²) in [6.07, 6.45) is 0.835. The molecule has 0 radical (unpaired) electrons. The van der Waals surface area contributed by atoms with Crippen LogP contribution in [-0.4, -0.2) is 29.4 Å². The van der Waals surface area contributed by atoms with Crippen LogP contribution >= 0.6 is 11.6 Å². The number of carbonyl (C=O) groups is 1. The van der Waals surface area contributed by atoms with Crippen molar-refractivity contribution >= 4 is 34.1 Å². The first-order valence-electron chi connectivity index (χ1n) is 8.45. The maximum atomic E-state index is 12.3. The van der Waals surface area contributed by atoms with E-state index in [9.17, 15) is 9.59 Å². The molecule has 0 spiro atoms. The lowest BCUT2D eigenvalue weighted by atomic mass is 9.98. The number of carbonyl (C=O) groups excluding carboxylic acids is 1. The van der Waals surface area contributed by atoms with Crippen LogP contribution in [0.1, 0.15) is 21.5 Å². The number of pyridine rings is 1. The normalized spacial score (nSPS) is 13.8. The molecule has 3 aromatic rings. The van der Waals surface area contributed by atoms with Crippen LogP contribution in [0.15, 0.2) is 47.3 Å². The molecule has 2 N–H and O–H groups in total. The van der Waals surface area contributed by atoms with Crippen LogP contribution < -0.4 is 10.9 Å². The Balaban J connectivity index is 1.58. The van der Waals surface area contributed by atoms with Gasteiger partial charge in [0.2, 0.25) is 0 Å². The number of H-pyrrole nitrogens is 1. The molecule has 0 unspecified atom stereocenters. The van der Waals surface area contributed by atoms with Gasteiger partial charge in [0.05, 0.1) is 0 Å². The van der Waals surface area contributed by atoms with E-state index in [0.717, 1.165) is 40.7 Å². The summed E-state index contributed by atoms with van der Waals surface area (Å²) in [6, 6.07) is 13.0. The number of aromatic amines is 1. The Morgan fingerprint density at radius 3 is 2.85 bits per heavy atom. The van der Waals surface area contributed by atoms with Crippen molar-refractivity contribution in [2.75, 3.05) is 18.9 Å². The molecule has 1 aliphatic heterocycles. The standard InChI is InChI=1S/C20H18ClN3O2/c1-24-7-6-12-10-16(3-4-17(12)20(24)26)22-11-14-8-13-9-15(21)2-5-18(13)23-19(14)25/h2-5,8-10,22H,6-7,11H2,1H3,(H,23,25). The molecule has 0 aliphatic carbocycles. The summed E-state index contributed by atoms with van der Waals surface area (Å²) in [5, 5.41) is 4.81. The van der Waals surface area contributed by atoms with Gasteiger partial charge in [0.25, 0.3) is 11.5 Å². The van der Waals surface area contributed by atoms with Crippen molar-refractivity contribution in [3.8, 4) is 0 Å². The van der Waals surface area contributed by atoms with Gasteiger partial charge in [0.15, 0.2) is 0 Å². The van der Waals surface area contributed by atoms with Crippen LogP contribution in [0.3, 0.4) is 0 Å². The predicted octanol–water partition coefficient (Wildman–Crippen LogP) is 3.42. The first-order valence-corrected chi connectivity index (χ1v) is 8.83. The Morgan fingerprint density at radius 2 is 2.00 bits per heavy atom. The highest BCUT2D eigenvalue weighted by molar-refractivity contribution is 6.31. The third kappa shape index (κ3) is 3.06. The number of rotatable bonds is 3. The molecule has 5 nitrogen and oxygen atoms in total. The smallest absolute Gasteiger partial charge is 0.253 e. The minimum atomic E-state index is -0.123. The van der Waals surface area contributed by atoms with E-state index in [4.69, 9.17) is 11.6 Å². The summed E-state index contributed by atoms with van der Waals surface area (Å²) in [5.41, 5.74) is 3.96. The maximum Gasteiger partial charge on any atom is 0.253 e. The van der Waals surface area contributed by atoms with Crippen molar-refractivity contribution in [1.82, 2.24) is 9.88 Å². The van der Waals surface area contributed by atoms with Crippen LogP contribution in [0.2, 0.25) is 5.02 Å². The van der Waals surface area contributed by atoms with Crippen molar-refractivity contribution in [2.24, 2.45) is 0 Å². The molecule has 0 fully saturated rings. The zero-order valence-electron chi connectivity index (χ0n) is 14.3. The van der Waals surface area contributed by atoms with Crippen LogP contribution in [0.4, 0.5) is 5.69 Å². The second kappa shape index (κ2) is 6.50. The van der Waals surface area contributed by atoms with E-state index in [2.05, 4.69) is 10.3 Å². The van der Waals surface area contributed by atoms with Crippen LogP contribution in [0.25, 0.3) is 10.9 Å². The number of aromatic nitrogens is 1. The van der Waals surface area contributed by atoms with E-state index in [0.29, 0.717) is 17.1 Å². The molecular formula is C20H18ClN3O2. The summed E-state index contributed by atoms with van der Waals surface area (Å²) >= 11 is 6.03. The Hall–Kier alpha value is -2.79. The van der Waals surface area contributed by atoms with Crippen molar-refractivity contribution in [2.45, 2.75) is 13.0 Å². The molecule has 4 rings (SSSR count). The number of nitrogens with zero attached hydrogens (tertiary/aromatic N) is 1. The quantitative estimate of drug-likeness (QED) is 0.745. The fourth-order valence-corrected chi connectivity index (χ4v) is 3.45. The van der Waals surface area contributed by atoms with E-state index in [1.165, 1.54) is 0 Å². The molecule has 2 aromatic carbocycles. The highest BCUT2D eigenvalue weighted by Gasteiger charge is 2.21. The zero-order chi connectivity index (χ0) is 18.3. The average Bonchev–Trinajstić information content (AvgIpc) is 2.63. The number of benzene rings is 2. The Morgan fingerprint density at radius 1 is 1.15 bits per heavy atom. The molecule has 0 saturated heterocycles. The van der Waals surface area contributed by atoms with Gasteiger partial charge in [-0.05, 0) is 54.4 Å². The minimum absolute atomic E-state index is 0.0562. The van der Waals surface area contributed by atoms with Gasteiger partial charge in [0, 0.05) is 52.9 Å². The van der Waals surface area contributed by atoms with E-state index >= 15 is 0 Å². The molecular weight excluding hydrogens is 350 g/mol.